The molecule has 2 aliphatic heterocycles. The first-order chi connectivity index (χ1) is 19.5. The van der Waals surface area contributed by atoms with Crippen molar-refractivity contribution in [2.75, 3.05) is 48.3 Å². The van der Waals surface area contributed by atoms with Crippen molar-refractivity contribution in [1.82, 2.24) is 4.90 Å². The monoisotopic (exact) mass is 592 g/mol. The van der Waals surface area contributed by atoms with Crippen molar-refractivity contribution in [1.29, 1.82) is 0 Å². The van der Waals surface area contributed by atoms with Gasteiger partial charge < -0.3 is 14.1 Å². The summed E-state index contributed by atoms with van der Waals surface area (Å²) in [4.78, 5) is 27.5. The van der Waals surface area contributed by atoms with Crippen LogP contribution in [0, 0.1) is 21.7 Å². The van der Waals surface area contributed by atoms with Crippen LogP contribution in [0.3, 0.4) is 0 Å². The van der Waals surface area contributed by atoms with Crippen molar-refractivity contribution in [2.45, 2.75) is 19.1 Å². The third-order valence-electron chi connectivity index (χ3n) is 7.01. The molecule has 3 heterocycles. The van der Waals surface area contributed by atoms with Gasteiger partial charge in [-0.2, -0.15) is 8.42 Å². The lowest BCUT2D eigenvalue weighted by atomic mass is 10.0. The molecule has 5 rings (SSSR count). The third-order valence-corrected chi connectivity index (χ3v) is 7.77. The Morgan fingerprint density at radius 2 is 1.78 bits per heavy atom. The van der Waals surface area contributed by atoms with E-state index in [2.05, 4.69) is 4.90 Å². The molecule has 15 heteroatoms. The van der Waals surface area contributed by atoms with Gasteiger partial charge in [0.05, 0.1) is 36.3 Å². The number of hydrogen-bond acceptors (Lipinski definition) is 9. The fraction of sp³-hybridized carbons (Fsp3) is 0.346. The van der Waals surface area contributed by atoms with Gasteiger partial charge in [0.2, 0.25) is 0 Å². The molecule has 12 nitrogen and oxygen atoms in total. The van der Waals surface area contributed by atoms with Crippen LogP contribution in [0.15, 0.2) is 52.9 Å². The van der Waals surface area contributed by atoms with Crippen molar-refractivity contribution in [3.8, 4) is 11.1 Å². The van der Waals surface area contributed by atoms with Crippen molar-refractivity contribution in [2.24, 2.45) is 0 Å². The van der Waals surface area contributed by atoms with Crippen molar-refractivity contribution in [3.63, 3.8) is 0 Å². The molecule has 218 valence electrons. The molecular formula is C26H26F2N4O8S. The number of piperazine rings is 1. The number of cyclic esters (lactones) is 1. The van der Waals surface area contributed by atoms with Gasteiger partial charge in [0.15, 0.2) is 0 Å². The van der Waals surface area contributed by atoms with Gasteiger partial charge in [-0.1, -0.05) is 6.07 Å². The molecule has 1 amide bonds. The Hall–Kier alpha value is -4.08. The molecule has 0 saturated carbocycles. The molecule has 1 aromatic heterocycles. The van der Waals surface area contributed by atoms with Gasteiger partial charge in [0.25, 0.3) is 10.1 Å². The molecule has 2 aliphatic rings. The van der Waals surface area contributed by atoms with Crippen LogP contribution in [0.5, 0.6) is 0 Å². The average Bonchev–Trinajstić information content (AvgIpc) is 3.54. The quantitative estimate of drug-likeness (QED) is 0.219. The summed E-state index contributed by atoms with van der Waals surface area (Å²) in [6.07, 6.45) is -1.64. The molecule has 0 radical (unpaired) electrons. The first-order valence-corrected chi connectivity index (χ1v) is 14.3. The van der Waals surface area contributed by atoms with Crippen LogP contribution in [0.4, 0.5) is 30.8 Å². The highest BCUT2D eigenvalue weighted by atomic mass is 32.2. The molecule has 2 aromatic carbocycles. The summed E-state index contributed by atoms with van der Waals surface area (Å²) in [6, 6.07) is 11.4. The van der Waals surface area contributed by atoms with Crippen LogP contribution in [0.2, 0.25) is 0 Å². The van der Waals surface area contributed by atoms with Gasteiger partial charge in [0, 0.05) is 38.2 Å². The SMILES string of the molecule is O=C1OC(CCS(=O)(=O)O)CN1c1ccc(-c2ccc(N3CCN(Cc4ccc([N+](=O)[O-])o4)CC3)c(F)c2)c(F)c1. The zero-order valence-electron chi connectivity index (χ0n) is 21.6. The van der Waals surface area contributed by atoms with Gasteiger partial charge in [-0.3, -0.25) is 24.5 Å². The normalized spacial score (nSPS) is 18.1. The molecule has 41 heavy (non-hydrogen) atoms. The first kappa shape index (κ1) is 28.4. The fourth-order valence-electron chi connectivity index (χ4n) is 4.92. The minimum atomic E-state index is -4.21. The van der Waals surface area contributed by atoms with Gasteiger partial charge >= 0.3 is 12.0 Å². The zero-order chi connectivity index (χ0) is 29.3. The molecule has 2 saturated heterocycles. The predicted octanol–water partition coefficient (Wildman–Crippen LogP) is 4.06. The van der Waals surface area contributed by atoms with E-state index in [1.165, 1.54) is 24.3 Å². The number of ether oxygens (including phenoxy) is 1. The van der Waals surface area contributed by atoms with Crippen molar-refractivity contribution in [3.05, 3.63) is 76.0 Å². The van der Waals surface area contributed by atoms with Crippen molar-refractivity contribution >= 4 is 33.5 Å². The van der Waals surface area contributed by atoms with E-state index < -0.39 is 44.6 Å². The van der Waals surface area contributed by atoms with Crippen LogP contribution in [0.1, 0.15) is 12.2 Å². The summed E-state index contributed by atoms with van der Waals surface area (Å²) in [5.41, 5.74) is 1.01. The maximum Gasteiger partial charge on any atom is 0.433 e. The van der Waals surface area contributed by atoms with E-state index in [0.717, 1.165) is 11.0 Å². The van der Waals surface area contributed by atoms with E-state index in [9.17, 15) is 23.3 Å². The number of hydrogen-bond donors (Lipinski definition) is 1. The highest BCUT2D eigenvalue weighted by molar-refractivity contribution is 7.85. The molecule has 3 aromatic rings. The maximum atomic E-state index is 15.2. The van der Waals surface area contributed by atoms with E-state index >= 15 is 8.78 Å². The zero-order valence-corrected chi connectivity index (χ0v) is 22.4. The Morgan fingerprint density at radius 1 is 1.02 bits per heavy atom. The predicted molar refractivity (Wildman–Crippen MR) is 143 cm³/mol. The van der Waals surface area contributed by atoms with Gasteiger partial charge in [0.1, 0.15) is 28.4 Å². The number of anilines is 2. The Balaban J connectivity index is 1.21. The minimum Gasteiger partial charge on any atom is -0.444 e. The lowest BCUT2D eigenvalue weighted by Gasteiger charge is -2.35. The summed E-state index contributed by atoms with van der Waals surface area (Å²) in [7, 11) is -4.21. The number of nitrogens with zero attached hydrogens (tertiary/aromatic N) is 4. The van der Waals surface area contributed by atoms with E-state index in [1.54, 1.807) is 18.2 Å². The number of halogens is 2. The molecular weight excluding hydrogens is 566 g/mol. The highest BCUT2D eigenvalue weighted by Gasteiger charge is 2.33. The number of amides is 1. The topological polar surface area (TPSA) is 147 Å². The van der Waals surface area contributed by atoms with E-state index in [1.807, 2.05) is 4.90 Å². The second kappa shape index (κ2) is 11.4. The van der Waals surface area contributed by atoms with Crippen LogP contribution in [-0.2, 0) is 21.4 Å². The summed E-state index contributed by atoms with van der Waals surface area (Å²) in [5, 5.41) is 10.8. The van der Waals surface area contributed by atoms with Crippen LogP contribution in [-0.4, -0.2) is 73.5 Å². The lowest BCUT2D eigenvalue weighted by Crippen LogP contribution is -2.46. The minimum absolute atomic E-state index is 0.00877. The standard InChI is InChI=1S/C26H26F2N4O8S/c27-22-14-18(31-16-20(40-26(31)33)7-12-41(36,37)38)2-4-21(22)17-1-5-24(23(28)13-17)30-10-8-29(9-11-30)15-19-3-6-25(39-19)32(34)35/h1-6,13-14,20H,7-12,15-16H2,(H,36,37,38). The molecule has 2 fully saturated rings. The average molecular weight is 593 g/mol. The first-order valence-electron chi connectivity index (χ1n) is 12.7. The van der Waals surface area contributed by atoms with Gasteiger partial charge in [-0.05, 0) is 42.0 Å². The Kier molecular flexibility index (Phi) is 7.93. The molecule has 1 unspecified atom stereocenters. The molecule has 0 spiro atoms. The second-order valence-corrected chi connectivity index (χ2v) is 11.4. The molecule has 0 bridgehead atoms. The van der Waals surface area contributed by atoms with Crippen LogP contribution >= 0.6 is 0 Å². The number of benzene rings is 2. The maximum absolute atomic E-state index is 15.2. The fourth-order valence-corrected chi connectivity index (χ4v) is 5.48. The molecule has 0 aliphatic carbocycles. The highest BCUT2D eigenvalue weighted by Crippen LogP contribution is 2.32. The third kappa shape index (κ3) is 6.64. The number of furan rings is 1. The lowest BCUT2D eigenvalue weighted by molar-refractivity contribution is -0.402. The number of nitro groups is 1. The number of carbonyl (C=O) groups is 1. The van der Waals surface area contributed by atoms with E-state index in [4.69, 9.17) is 13.7 Å². The van der Waals surface area contributed by atoms with E-state index in [-0.39, 0.29) is 30.1 Å². The summed E-state index contributed by atoms with van der Waals surface area (Å²) >= 11 is 0. The largest absolute Gasteiger partial charge is 0.444 e. The smallest absolute Gasteiger partial charge is 0.433 e. The summed E-state index contributed by atoms with van der Waals surface area (Å²) in [6.45, 7) is 2.59. The number of rotatable bonds is 9. The summed E-state index contributed by atoms with van der Waals surface area (Å²) < 4.78 is 71.4. The Labute approximate surface area is 233 Å². The van der Waals surface area contributed by atoms with E-state index in [0.29, 0.717) is 49.7 Å². The van der Waals surface area contributed by atoms with Crippen LogP contribution < -0.4 is 9.80 Å². The van der Waals surface area contributed by atoms with Gasteiger partial charge in [-0.15, -0.1) is 0 Å². The second-order valence-electron chi connectivity index (χ2n) is 9.78. The van der Waals surface area contributed by atoms with Crippen LogP contribution in [0.25, 0.3) is 11.1 Å². The Bertz CT molecular complexity index is 1570. The summed E-state index contributed by atoms with van der Waals surface area (Å²) in [5.74, 6) is -1.61. The molecule has 1 atom stereocenters. The van der Waals surface area contributed by atoms with Gasteiger partial charge in [-0.25, -0.2) is 13.6 Å². The Morgan fingerprint density at radius 3 is 2.41 bits per heavy atom. The van der Waals surface area contributed by atoms with Crippen molar-refractivity contribution < 1.29 is 40.6 Å². The number of carbonyl (C=O) groups excluding carboxylic acids is 1. The molecule has 1 N–H and O–H groups in total.